The van der Waals surface area contributed by atoms with Crippen LogP contribution in [0.5, 0.6) is 0 Å². The third kappa shape index (κ3) is 3.60. The van der Waals surface area contributed by atoms with E-state index in [1.54, 1.807) is 0 Å². The number of hydrogen-bond acceptors (Lipinski definition) is 4. The van der Waals surface area contributed by atoms with Crippen LogP contribution in [-0.4, -0.2) is 43.0 Å². The quantitative estimate of drug-likeness (QED) is 0.489. The van der Waals surface area contributed by atoms with Gasteiger partial charge in [0.15, 0.2) is 5.65 Å². The van der Waals surface area contributed by atoms with Crippen LogP contribution in [0, 0.1) is 6.92 Å². The second-order valence-corrected chi connectivity index (χ2v) is 9.73. The number of hydrogen-bond donors (Lipinski definition) is 2. The van der Waals surface area contributed by atoms with Crippen molar-refractivity contribution in [2.24, 2.45) is 5.73 Å². The molecule has 0 bridgehead atoms. The third-order valence-electron chi connectivity index (χ3n) is 7.42. The Balaban J connectivity index is 1.33. The van der Waals surface area contributed by atoms with Crippen LogP contribution in [0.2, 0.25) is 0 Å². The number of amides is 1. The minimum Gasteiger partial charge on any atom is -0.351 e. The predicted octanol–water partition coefficient (Wildman–Crippen LogP) is 4.48. The Morgan fingerprint density at radius 1 is 1.15 bits per heavy atom. The van der Waals surface area contributed by atoms with Crippen molar-refractivity contribution in [3.05, 3.63) is 65.2 Å². The van der Waals surface area contributed by atoms with Crippen molar-refractivity contribution < 1.29 is 4.79 Å². The molecule has 7 heteroatoms. The summed E-state index contributed by atoms with van der Waals surface area (Å²) in [4.78, 5) is 23.8. The molecule has 6 rings (SSSR count). The number of nitrogens with two attached hydrogens (primary N) is 1. The molecule has 7 nitrogen and oxygen atoms in total. The molecule has 170 valence electrons. The summed E-state index contributed by atoms with van der Waals surface area (Å²) < 4.78 is 1.88. The first-order valence-corrected chi connectivity index (χ1v) is 12.1. The maximum Gasteiger partial charge on any atom is 0.270 e. The lowest BCUT2D eigenvalue weighted by atomic mass is 9.98. The van der Waals surface area contributed by atoms with Crippen LogP contribution in [0.3, 0.4) is 0 Å². The molecule has 3 atom stereocenters. The van der Waals surface area contributed by atoms with Crippen LogP contribution >= 0.6 is 0 Å². The Bertz CT molecular complexity index is 1300. The first-order chi connectivity index (χ1) is 16.1. The number of piperidine rings is 1. The minimum atomic E-state index is -0.0389. The van der Waals surface area contributed by atoms with Gasteiger partial charge in [-0.1, -0.05) is 18.2 Å². The largest absolute Gasteiger partial charge is 0.351 e. The van der Waals surface area contributed by atoms with Crippen molar-refractivity contribution in [2.45, 2.75) is 63.5 Å². The molecule has 3 N–H and O–H groups in total. The second-order valence-electron chi connectivity index (χ2n) is 9.73. The SMILES string of the molecule is Cc1cn2nc(C3CCCCN3C(=O)c3cc4ccccc4[nH]3)cc2nc1C1CCC(N)C1. The Morgan fingerprint density at radius 3 is 2.85 bits per heavy atom. The van der Waals surface area contributed by atoms with Crippen molar-refractivity contribution in [2.75, 3.05) is 6.54 Å². The molecule has 3 aromatic heterocycles. The van der Waals surface area contributed by atoms with Gasteiger partial charge in [0.25, 0.3) is 5.91 Å². The third-order valence-corrected chi connectivity index (χ3v) is 7.42. The summed E-state index contributed by atoms with van der Waals surface area (Å²) in [6.45, 7) is 2.85. The van der Waals surface area contributed by atoms with E-state index in [1.807, 2.05) is 39.7 Å². The highest BCUT2D eigenvalue weighted by molar-refractivity contribution is 5.98. The van der Waals surface area contributed by atoms with Gasteiger partial charge in [-0.25, -0.2) is 9.50 Å². The summed E-state index contributed by atoms with van der Waals surface area (Å²) in [5.41, 5.74) is 11.9. The number of carbonyl (C=O) groups excluding carboxylic acids is 1. The molecule has 1 amide bonds. The van der Waals surface area contributed by atoms with E-state index in [0.29, 0.717) is 11.6 Å². The van der Waals surface area contributed by atoms with E-state index in [1.165, 1.54) is 0 Å². The zero-order valence-corrected chi connectivity index (χ0v) is 19.0. The highest BCUT2D eigenvalue weighted by Gasteiger charge is 2.32. The number of aromatic amines is 1. The van der Waals surface area contributed by atoms with Crippen molar-refractivity contribution in [1.82, 2.24) is 24.5 Å². The smallest absolute Gasteiger partial charge is 0.270 e. The van der Waals surface area contributed by atoms with E-state index >= 15 is 0 Å². The van der Waals surface area contributed by atoms with Crippen molar-refractivity contribution in [3.8, 4) is 0 Å². The highest BCUT2D eigenvalue weighted by Crippen LogP contribution is 2.36. The Morgan fingerprint density at radius 2 is 2.03 bits per heavy atom. The molecule has 0 radical (unpaired) electrons. The number of carbonyl (C=O) groups is 1. The fourth-order valence-electron chi connectivity index (χ4n) is 5.71. The molecule has 1 aromatic carbocycles. The number of para-hydroxylation sites is 1. The number of likely N-dealkylation sites (tertiary alicyclic amines) is 1. The average molecular weight is 443 g/mol. The normalized spacial score (nSPS) is 23.6. The molecule has 0 spiro atoms. The van der Waals surface area contributed by atoms with Gasteiger partial charge in [-0.05, 0) is 63.1 Å². The molecule has 2 fully saturated rings. The van der Waals surface area contributed by atoms with Crippen molar-refractivity contribution in [1.29, 1.82) is 0 Å². The highest BCUT2D eigenvalue weighted by atomic mass is 16.2. The number of aromatic nitrogens is 4. The summed E-state index contributed by atoms with van der Waals surface area (Å²) in [6.07, 6.45) is 8.26. The maximum absolute atomic E-state index is 13.5. The van der Waals surface area contributed by atoms with Crippen LogP contribution in [-0.2, 0) is 0 Å². The minimum absolute atomic E-state index is 0.0389. The molecule has 3 unspecified atom stereocenters. The number of fused-ring (bicyclic) bond motifs is 2. The molecule has 2 aliphatic rings. The number of nitrogens with one attached hydrogen (secondary N) is 1. The fourth-order valence-corrected chi connectivity index (χ4v) is 5.71. The van der Waals surface area contributed by atoms with Crippen LogP contribution in [0.1, 0.15) is 77.9 Å². The fraction of sp³-hybridized carbons (Fsp3) is 0.423. The number of aryl methyl sites for hydroxylation is 1. The van der Waals surface area contributed by atoms with Gasteiger partial charge < -0.3 is 15.6 Å². The van der Waals surface area contributed by atoms with Crippen LogP contribution in [0.15, 0.2) is 42.6 Å². The monoisotopic (exact) mass is 442 g/mol. The summed E-state index contributed by atoms with van der Waals surface area (Å²) >= 11 is 0. The van der Waals surface area contributed by atoms with Gasteiger partial charge in [0.05, 0.1) is 17.4 Å². The number of benzene rings is 1. The van der Waals surface area contributed by atoms with Gasteiger partial charge in [0.2, 0.25) is 0 Å². The van der Waals surface area contributed by atoms with Gasteiger partial charge in [-0.15, -0.1) is 0 Å². The Kier molecular flexibility index (Phi) is 4.94. The van der Waals surface area contributed by atoms with E-state index < -0.39 is 0 Å². The Labute approximate surface area is 193 Å². The molecule has 4 heterocycles. The standard InChI is InChI=1S/C26H30N6O/c1-16-15-32-24(29-25(16)18-9-10-19(27)12-18)14-21(30-32)23-8-4-5-11-31(23)26(33)22-13-17-6-2-3-7-20(17)28-22/h2-3,6-7,13-15,18-19,23,28H,4-5,8-12,27H2,1H3. The Hall–Kier alpha value is -3.19. The summed E-state index contributed by atoms with van der Waals surface area (Å²) in [5.74, 6) is 0.468. The first kappa shape index (κ1) is 20.4. The molecule has 4 aromatic rings. The van der Waals surface area contributed by atoms with Gasteiger partial charge in [0.1, 0.15) is 5.69 Å². The molecule has 1 aliphatic heterocycles. The first-order valence-electron chi connectivity index (χ1n) is 12.1. The predicted molar refractivity (Wildman–Crippen MR) is 128 cm³/mol. The number of H-pyrrole nitrogens is 1. The van der Waals surface area contributed by atoms with E-state index in [0.717, 1.165) is 78.6 Å². The maximum atomic E-state index is 13.5. The number of nitrogens with zero attached hydrogens (tertiary/aromatic N) is 4. The molecular formula is C26H30N6O. The lowest BCUT2D eigenvalue weighted by molar-refractivity contribution is 0.0600. The van der Waals surface area contributed by atoms with E-state index in [4.69, 9.17) is 15.8 Å². The van der Waals surface area contributed by atoms with Gasteiger partial charge >= 0.3 is 0 Å². The molecule has 1 saturated heterocycles. The summed E-state index contributed by atoms with van der Waals surface area (Å²) in [5, 5.41) is 5.93. The van der Waals surface area contributed by atoms with Gasteiger partial charge in [0, 0.05) is 41.7 Å². The zero-order valence-electron chi connectivity index (χ0n) is 19.0. The molecule has 1 saturated carbocycles. The topological polar surface area (TPSA) is 92.3 Å². The number of rotatable bonds is 3. The van der Waals surface area contributed by atoms with Gasteiger partial charge in [-0.3, -0.25) is 4.79 Å². The van der Waals surface area contributed by atoms with Crippen LogP contribution in [0.25, 0.3) is 16.6 Å². The van der Waals surface area contributed by atoms with Gasteiger partial charge in [-0.2, -0.15) is 5.10 Å². The second kappa shape index (κ2) is 7.99. The molecular weight excluding hydrogens is 412 g/mol. The van der Waals surface area contributed by atoms with Crippen LogP contribution in [0.4, 0.5) is 0 Å². The van der Waals surface area contributed by atoms with E-state index in [9.17, 15) is 4.79 Å². The van der Waals surface area contributed by atoms with E-state index in [2.05, 4.69) is 24.2 Å². The summed E-state index contributed by atoms with van der Waals surface area (Å²) in [7, 11) is 0. The summed E-state index contributed by atoms with van der Waals surface area (Å²) in [6, 6.07) is 12.3. The zero-order chi connectivity index (χ0) is 22.5. The average Bonchev–Trinajstić information content (AvgIpc) is 3.55. The van der Waals surface area contributed by atoms with Crippen molar-refractivity contribution in [3.63, 3.8) is 0 Å². The van der Waals surface area contributed by atoms with Crippen LogP contribution < -0.4 is 5.73 Å². The molecule has 1 aliphatic carbocycles. The lowest BCUT2D eigenvalue weighted by Gasteiger charge is -2.34. The van der Waals surface area contributed by atoms with E-state index in [-0.39, 0.29) is 18.0 Å². The molecule has 33 heavy (non-hydrogen) atoms. The van der Waals surface area contributed by atoms with Crippen molar-refractivity contribution >= 4 is 22.5 Å². The lowest BCUT2D eigenvalue weighted by Crippen LogP contribution is -2.38.